The summed E-state index contributed by atoms with van der Waals surface area (Å²) in [4.78, 5) is 37.4. The van der Waals surface area contributed by atoms with Crippen molar-refractivity contribution in [1.82, 2.24) is 19.8 Å². The fourth-order valence-electron chi connectivity index (χ4n) is 2.49. The number of carbonyl (C=O) groups is 2. The van der Waals surface area contributed by atoms with Crippen molar-refractivity contribution in [2.45, 2.75) is 6.92 Å². The maximum absolute atomic E-state index is 12.4. The molecule has 0 N–H and O–H groups in total. The number of aromatic nitrogens is 2. The molecule has 1 aliphatic rings. The van der Waals surface area contributed by atoms with E-state index in [9.17, 15) is 9.59 Å². The van der Waals surface area contributed by atoms with Gasteiger partial charge in [-0.1, -0.05) is 6.07 Å². The van der Waals surface area contributed by atoms with Gasteiger partial charge in [0.2, 0.25) is 0 Å². The number of nitrogens with zero attached hydrogens (tertiary/aromatic N) is 4. The predicted molar refractivity (Wildman–Crippen MR) is 87.8 cm³/mol. The molecule has 3 rings (SSSR count). The second kappa shape index (κ2) is 6.97. The summed E-state index contributed by atoms with van der Waals surface area (Å²) >= 11 is 1.47. The zero-order valence-electron chi connectivity index (χ0n) is 12.9. The van der Waals surface area contributed by atoms with Gasteiger partial charge in [0.1, 0.15) is 5.69 Å². The Morgan fingerprint density at radius 2 is 1.96 bits per heavy atom. The molecule has 1 fully saturated rings. The molecule has 3 heterocycles. The van der Waals surface area contributed by atoms with Gasteiger partial charge in [0.15, 0.2) is 5.78 Å². The highest BCUT2D eigenvalue weighted by Crippen LogP contribution is 2.12. The molecule has 0 unspecified atom stereocenters. The first kappa shape index (κ1) is 15.8. The summed E-state index contributed by atoms with van der Waals surface area (Å²) in [5.41, 5.74) is 1.16. The van der Waals surface area contributed by atoms with Gasteiger partial charge in [-0.05, 0) is 18.4 Å². The van der Waals surface area contributed by atoms with Gasteiger partial charge < -0.3 is 4.90 Å². The van der Waals surface area contributed by atoms with E-state index < -0.39 is 0 Å². The summed E-state index contributed by atoms with van der Waals surface area (Å²) < 4.78 is 0. The number of piperazine rings is 1. The van der Waals surface area contributed by atoms with Crippen LogP contribution in [0.2, 0.25) is 0 Å². The van der Waals surface area contributed by atoms with Gasteiger partial charge in [-0.2, -0.15) is 0 Å². The second-order valence-electron chi connectivity index (χ2n) is 5.51. The molecule has 0 atom stereocenters. The summed E-state index contributed by atoms with van der Waals surface area (Å²) in [7, 11) is 0. The number of ketones is 1. The first-order valence-corrected chi connectivity index (χ1v) is 8.38. The van der Waals surface area contributed by atoms with Crippen molar-refractivity contribution in [3.8, 4) is 0 Å². The monoisotopic (exact) mass is 330 g/mol. The Morgan fingerprint density at radius 1 is 1.17 bits per heavy atom. The van der Waals surface area contributed by atoms with Crippen LogP contribution in [-0.2, 0) is 0 Å². The highest BCUT2D eigenvalue weighted by Gasteiger charge is 2.24. The third kappa shape index (κ3) is 3.80. The molecule has 2 aromatic heterocycles. The van der Waals surface area contributed by atoms with Crippen molar-refractivity contribution < 1.29 is 9.59 Å². The van der Waals surface area contributed by atoms with E-state index in [0.717, 1.165) is 10.6 Å². The van der Waals surface area contributed by atoms with Crippen LogP contribution in [0.5, 0.6) is 0 Å². The van der Waals surface area contributed by atoms with E-state index in [-0.39, 0.29) is 11.7 Å². The number of hydrogen-bond donors (Lipinski definition) is 0. The van der Waals surface area contributed by atoms with Crippen LogP contribution in [0.3, 0.4) is 0 Å². The van der Waals surface area contributed by atoms with Crippen molar-refractivity contribution in [2.24, 2.45) is 0 Å². The molecule has 6 nitrogen and oxygen atoms in total. The molecule has 0 aromatic carbocycles. The summed E-state index contributed by atoms with van der Waals surface area (Å²) in [6, 6.07) is 3.74. The van der Waals surface area contributed by atoms with Crippen LogP contribution in [0, 0.1) is 6.92 Å². The second-order valence-corrected chi connectivity index (χ2v) is 6.46. The van der Waals surface area contributed by atoms with Crippen molar-refractivity contribution in [3.63, 3.8) is 0 Å². The average molecular weight is 330 g/mol. The summed E-state index contributed by atoms with van der Waals surface area (Å²) in [6.45, 7) is 4.85. The minimum Gasteiger partial charge on any atom is -0.335 e. The third-order valence-corrected chi connectivity index (χ3v) is 4.73. The van der Waals surface area contributed by atoms with Crippen LogP contribution < -0.4 is 0 Å². The minimum absolute atomic E-state index is 0.0956. The molecule has 0 radical (unpaired) electrons. The lowest BCUT2D eigenvalue weighted by atomic mass is 10.2. The van der Waals surface area contributed by atoms with E-state index in [1.165, 1.54) is 17.5 Å². The Labute approximate surface area is 138 Å². The number of amides is 1. The zero-order valence-corrected chi connectivity index (χ0v) is 13.8. The van der Waals surface area contributed by atoms with E-state index in [0.29, 0.717) is 38.4 Å². The summed E-state index contributed by atoms with van der Waals surface area (Å²) in [5, 5.41) is 1.91. The molecule has 1 aliphatic heterocycles. The highest BCUT2D eigenvalue weighted by molar-refractivity contribution is 7.12. The molecule has 0 aliphatic carbocycles. The van der Waals surface area contributed by atoms with Crippen LogP contribution in [0.4, 0.5) is 0 Å². The van der Waals surface area contributed by atoms with Gasteiger partial charge in [0.25, 0.3) is 5.91 Å². The number of aryl methyl sites for hydroxylation is 1. The molecule has 1 saturated heterocycles. The zero-order chi connectivity index (χ0) is 16.2. The lowest BCUT2D eigenvalue weighted by molar-refractivity contribution is 0.0619. The number of carbonyl (C=O) groups excluding carboxylic acids is 2. The fraction of sp³-hybridized carbons (Fsp3) is 0.375. The largest absolute Gasteiger partial charge is 0.335 e. The van der Waals surface area contributed by atoms with Gasteiger partial charge in [0.05, 0.1) is 23.3 Å². The first-order chi connectivity index (χ1) is 11.1. The predicted octanol–water partition coefficient (Wildman–Crippen LogP) is 1.49. The molecule has 23 heavy (non-hydrogen) atoms. The average Bonchev–Trinajstić information content (AvgIpc) is 3.10. The third-order valence-electron chi connectivity index (χ3n) is 3.82. The van der Waals surface area contributed by atoms with Crippen LogP contribution in [0.1, 0.15) is 25.9 Å². The number of Topliss-reactive ketones (excluding diaryl/α,β-unsaturated/α-hetero) is 1. The maximum Gasteiger partial charge on any atom is 0.274 e. The Hall–Kier alpha value is -2.12. The van der Waals surface area contributed by atoms with Gasteiger partial charge in [-0.25, -0.2) is 4.98 Å². The SMILES string of the molecule is Cc1cnc(C(=O)N2CCN(CC(=O)c3cccs3)CC2)cn1. The van der Waals surface area contributed by atoms with Gasteiger partial charge in [0, 0.05) is 32.4 Å². The summed E-state index contributed by atoms with van der Waals surface area (Å²) in [5.74, 6) is 0.0471. The van der Waals surface area contributed by atoms with Crippen LogP contribution >= 0.6 is 11.3 Å². The van der Waals surface area contributed by atoms with Crippen molar-refractivity contribution in [1.29, 1.82) is 0 Å². The quantitative estimate of drug-likeness (QED) is 0.795. The molecule has 7 heteroatoms. The van der Waals surface area contributed by atoms with E-state index in [4.69, 9.17) is 0 Å². The normalized spacial score (nSPS) is 15.6. The highest BCUT2D eigenvalue weighted by atomic mass is 32.1. The molecule has 0 saturated carbocycles. The smallest absolute Gasteiger partial charge is 0.274 e. The van der Waals surface area contributed by atoms with Gasteiger partial charge in [-0.3, -0.25) is 19.5 Å². The summed E-state index contributed by atoms with van der Waals surface area (Å²) in [6.07, 6.45) is 3.12. The lowest BCUT2D eigenvalue weighted by Crippen LogP contribution is -2.50. The Bertz CT molecular complexity index is 677. The van der Waals surface area contributed by atoms with Crippen LogP contribution in [-0.4, -0.2) is 64.2 Å². The van der Waals surface area contributed by atoms with Crippen LogP contribution in [0.15, 0.2) is 29.9 Å². The van der Waals surface area contributed by atoms with Crippen LogP contribution in [0.25, 0.3) is 0 Å². The first-order valence-electron chi connectivity index (χ1n) is 7.50. The van der Waals surface area contributed by atoms with E-state index in [1.54, 1.807) is 11.1 Å². The Morgan fingerprint density at radius 3 is 2.57 bits per heavy atom. The molecule has 120 valence electrons. The van der Waals surface area contributed by atoms with Crippen molar-refractivity contribution in [2.75, 3.05) is 32.7 Å². The molecule has 1 amide bonds. The molecular weight excluding hydrogens is 312 g/mol. The molecule has 0 spiro atoms. The maximum atomic E-state index is 12.4. The lowest BCUT2D eigenvalue weighted by Gasteiger charge is -2.34. The number of rotatable bonds is 4. The molecule has 2 aromatic rings. The fourth-order valence-corrected chi connectivity index (χ4v) is 3.15. The molecule has 0 bridgehead atoms. The number of thiophene rings is 1. The van der Waals surface area contributed by atoms with Gasteiger partial charge in [-0.15, -0.1) is 11.3 Å². The standard InChI is InChI=1S/C16H18N4O2S/c1-12-9-18-13(10-17-12)16(22)20-6-4-19(5-7-20)11-14(21)15-3-2-8-23-15/h2-3,8-10H,4-7,11H2,1H3. The van der Waals surface area contributed by atoms with E-state index in [1.807, 2.05) is 24.4 Å². The molecular formula is C16H18N4O2S. The Kier molecular flexibility index (Phi) is 4.78. The topological polar surface area (TPSA) is 66.4 Å². The van der Waals surface area contributed by atoms with E-state index >= 15 is 0 Å². The van der Waals surface area contributed by atoms with Crippen molar-refractivity contribution in [3.05, 3.63) is 46.2 Å². The Balaban J connectivity index is 1.53. The minimum atomic E-state index is -0.0956. The van der Waals surface area contributed by atoms with Crippen molar-refractivity contribution >= 4 is 23.0 Å². The van der Waals surface area contributed by atoms with Gasteiger partial charge >= 0.3 is 0 Å². The number of hydrogen-bond acceptors (Lipinski definition) is 6. The van der Waals surface area contributed by atoms with E-state index in [2.05, 4.69) is 14.9 Å².